The van der Waals surface area contributed by atoms with Crippen molar-refractivity contribution in [3.05, 3.63) is 53.1 Å². The summed E-state index contributed by atoms with van der Waals surface area (Å²) >= 11 is 6.16. The molecule has 0 aliphatic heterocycles. The molecule has 0 radical (unpaired) electrons. The predicted molar refractivity (Wildman–Crippen MR) is 101 cm³/mol. The van der Waals surface area contributed by atoms with Gasteiger partial charge in [0.05, 0.1) is 17.6 Å². The summed E-state index contributed by atoms with van der Waals surface area (Å²) in [6.07, 6.45) is 2.05. The Hall–Kier alpha value is -2.27. The van der Waals surface area contributed by atoms with Crippen molar-refractivity contribution in [1.82, 2.24) is 19.0 Å². The Morgan fingerprint density at radius 2 is 2.08 bits per heavy atom. The van der Waals surface area contributed by atoms with Crippen LogP contribution in [0.25, 0.3) is 11.0 Å². The molecule has 0 bridgehead atoms. The molecular formula is C19H23ClN4O. The van der Waals surface area contributed by atoms with Crippen LogP contribution in [0.3, 0.4) is 0 Å². The van der Waals surface area contributed by atoms with Gasteiger partial charge in [-0.2, -0.15) is 0 Å². The molecule has 0 N–H and O–H groups in total. The molecule has 0 unspecified atom stereocenters. The number of carbonyl (C=O) groups excluding carboxylic acids is 1. The van der Waals surface area contributed by atoms with Crippen LogP contribution in [0, 0.1) is 0 Å². The van der Waals surface area contributed by atoms with Crippen molar-refractivity contribution in [2.45, 2.75) is 39.9 Å². The first kappa shape index (κ1) is 17.5. The van der Waals surface area contributed by atoms with Gasteiger partial charge in [-0.25, -0.2) is 4.98 Å². The molecule has 6 heteroatoms. The summed E-state index contributed by atoms with van der Waals surface area (Å²) in [6, 6.07) is 10.00. The average molecular weight is 359 g/mol. The highest BCUT2D eigenvalue weighted by Gasteiger charge is 2.16. The van der Waals surface area contributed by atoms with Crippen LogP contribution in [-0.4, -0.2) is 32.0 Å². The molecular weight excluding hydrogens is 336 g/mol. The second-order valence-corrected chi connectivity index (χ2v) is 6.83. The monoisotopic (exact) mass is 358 g/mol. The number of nitrogens with zero attached hydrogens (tertiary/aromatic N) is 4. The smallest absolute Gasteiger partial charge is 0.254 e. The molecule has 3 aromatic rings. The number of rotatable bonds is 5. The summed E-state index contributed by atoms with van der Waals surface area (Å²) in [5.74, 6) is -0.0272. The van der Waals surface area contributed by atoms with Gasteiger partial charge in [0.2, 0.25) is 5.28 Å². The topological polar surface area (TPSA) is 43.1 Å². The molecule has 0 saturated carbocycles. The van der Waals surface area contributed by atoms with Crippen molar-refractivity contribution in [2.75, 3.05) is 7.05 Å². The molecule has 2 aromatic heterocycles. The Balaban J connectivity index is 1.84. The fraction of sp³-hybridized carbons (Fsp3) is 0.368. The summed E-state index contributed by atoms with van der Waals surface area (Å²) in [6.45, 7) is 7.59. The lowest BCUT2D eigenvalue weighted by atomic mass is 10.1. The van der Waals surface area contributed by atoms with Crippen molar-refractivity contribution in [3.8, 4) is 0 Å². The molecule has 2 heterocycles. The zero-order chi connectivity index (χ0) is 18.1. The lowest BCUT2D eigenvalue weighted by molar-refractivity contribution is 0.0781. The minimum Gasteiger partial charge on any atom is -0.347 e. The number of aromatic nitrogens is 3. The van der Waals surface area contributed by atoms with Crippen LogP contribution in [0.2, 0.25) is 5.28 Å². The van der Waals surface area contributed by atoms with Crippen LogP contribution in [-0.2, 0) is 13.1 Å². The largest absolute Gasteiger partial charge is 0.347 e. The highest BCUT2D eigenvalue weighted by atomic mass is 35.5. The van der Waals surface area contributed by atoms with Crippen molar-refractivity contribution in [3.63, 3.8) is 0 Å². The summed E-state index contributed by atoms with van der Waals surface area (Å²) in [4.78, 5) is 18.9. The number of hydrogen-bond acceptors (Lipinski definition) is 2. The van der Waals surface area contributed by atoms with E-state index < -0.39 is 0 Å². The fourth-order valence-electron chi connectivity index (χ4n) is 3.14. The van der Waals surface area contributed by atoms with E-state index in [9.17, 15) is 4.79 Å². The second kappa shape index (κ2) is 6.92. The Labute approximate surface area is 152 Å². The van der Waals surface area contributed by atoms with Gasteiger partial charge in [0.15, 0.2) is 0 Å². The van der Waals surface area contributed by atoms with E-state index in [0.717, 1.165) is 23.3 Å². The molecule has 3 rings (SSSR count). The summed E-state index contributed by atoms with van der Waals surface area (Å²) in [7, 11) is 1.82. The predicted octanol–water partition coefficient (Wildman–Crippen LogP) is 4.36. The first-order valence-corrected chi connectivity index (χ1v) is 8.87. The summed E-state index contributed by atoms with van der Waals surface area (Å²) in [5, 5.41) is 0.449. The summed E-state index contributed by atoms with van der Waals surface area (Å²) < 4.78 is 4.10. The van der Waals surface area contributed by atoms with E-state index in [1.807, 2.05) is 49.0 Å². The van der Waals surface area contributed by atoms with E-state index >= 15 is 0 Å². The van der Waals surface area contributed by atoms with E-state index in [0.29, 0.717) is 23.4 Å². The van der Waals surface area contributed by atoms with Gasteiger partial charge in [-0.05, 0) is 62.7 Å². The van der Waals surface area contributed by atoms with Gasteiger partial charge >= 0.3 is 0 Å². The van der Waals surface area contributed by atoms with E-state index in [1.54, 1.807) is 4.90 Å². The molecule has 0 saturated heterocycles. The van der Waals surface area contributed by atoms with Gasteiger partial charge in [-0.3, -0.25) is 4.79 Å². The Kier molecular flexibility index (Phi) is 4.86. The van der Waals surface area contributed by atoms with E-state index in [2.05, 4.69) is 29.5 Å². The van der Waals surface area contributed by atoms with Crippen molar-refractivity contribution in [2.24, 2.45) is 0 Å². The third kappa shape index (κ3) is 3.29. The zero-order valence-corrected chi connectivity index (χ0v) is 15.8. The molecule has 1 aromatic carbocycles. The van der Waals surface area contributed by atoms with Gasteiger partial charge in [0.1, 0.15) is 0 Å². The number of amides is 1. The third-order valence-corrected chi connectivity index (χ3v) is 4.72. The van der Waals surface area contributed by atoms with Crippen LogP contribution in [0.1, 0.15) is 42.9 Å². The molecule has 0 atom stereocenters. The highest BCUT2D eigenvalue weighted by molar-refractivity contribution is 6.29. The number of halogens is 1. The number of hydrogen-bond donors (Lipinski definition) is 0. The minimum atomic E-state index is -0.0272. The van der Waals surface area contributed by atoms with Crippen LogP contribution < -0.4 is 0 Å². The quantitative estimate of drug-likeness (QED) is 0.680. The standard InChI is InChI=1S/C19H23ClN4O/c1-5-23-17-9-8-14(11-16(17)21-19(23)20)18(25)22(4)12-15-7-6-10-24(15)13(2)3/h6-11,13H,5,12H2,1-4H3. The van der Waals surface area contributed by atoms with E-state index in [1.165, 1.54) is 0 Å². The average Bonchev–Trinajstić information content (AvgIpc) is 3.16. The first-order chi connectivity index (χ1) is 11.9. The van der Waals surface area contributed by atoms with Gasteiger partial charge in [0, 0.05) is 37.1 Å². The van der Waals surface area contributed by atoms with Crippen LogP contribution in [0.4, 0.5) is 0 Å². The summed E-state index contributed by atoms with van der Waals surface area (Å²) in [5.41, 5.74) is 3.43. The molecule has 25 heavy (non-hydrogen) atoms. The molecule has 132 valence electrons. The number of carbonyl (C=O) groups is 1. The van der Waals surface area contributed by atoms with Crippen molar-refractivity contribution >= 4 is 28.5 Å². The molecule has 5 nitrogen and oxygen atoms in total. The Morgan fingerprint density at radius 1 is 1.32 bits per heavy atom. The SMILES string of the molecule is CCn1c(Cl)nc2cc(C(=O)N(C)Cc3cccn3C(C)C)ccc21. The number of benzene rings is 1. The Bertz CT molecular complexity index is 909. The van der Waals surface area contributed by atoms with Gasteiger partial charge in [-0.1, -0.05) is 0 Å². The first-order valence-electron chi connectivity index (χ1n) is 8.49. The van der Waals surface area contributed by atoms with E-state index in [-0.39, 0.29) is 5.91 Å². The molecule has 0 fully saturated rings. The van der Waals surface area contributed by atoms with Crippen molar-refractivity contribution in [1.29, 1.82) is 0 Å². The van der Waals surface area contributed by atoms with Crippen molar-refractivity contribution < 1.29 is 4.79 Å². The third-order valence-electron chi connectivity index (χ3n) is 4.43. The van der Waals surface area contributed by atoms with E-state index in [4.69, 9.17) is 11.6 Å². The maximum Gasteiger partial charge on any atom is 0.254 e. The molecule has 0 spiro atoms. The fourth-order valence-corrected chi connectivity index (χ4v) is 3.44. The molecule has 0 aliphatic carbocycles. The van der Waals surface area contributed by atoms with Gasteiger partial charge < -0.3 is 14.0 Å². The van der Waals surface area contributed by atoms with Crippen LogP contribution in [0.5, 0.6) is 0 Å². The number of fused-ring (bicyclic) bond motifs is 1. The zero-order valence-electron chi connectivity index (χ0n) is 15.0. The van der Waals surface area contributed by atoms with Gasteiger partial charge in [0.25, 0.3) is 5.91 Å². The van der Waals surface area contributed by atoms with Crippen LogP contribution in [0.15, 0.2) is 36.5 Å². The maximum atomic E-state index is 12.8. The minimum absolute atomic E-state index is 0.0272. The number of imidazole rings is 1. The number of aryl methyl sites for hydroxylation is 1. The van der Waals surface area contributed by atoms with Crippen LogP contribution >= 0.6 is 11.6 Å². The normalized spacial score (nSPS) is 11.4. The lowest BCUT2D eigenvalue weighted by Crippen LogP contribution is -2.27. The Morgan fingerprint density at radius 3 is 2.76 bits per heavy atom. The molecule has 1 amide bonds. The maximum absolute atomic E-state index is 12.8. The van der Waals surface area contributed by atoms with Gasteiger partial charge in [-0.15, -0.1) is 0 Å². The highest BCUT2D eigenvalue weighted by Crippen LogP contribution is 2.22. The molecule has 0 aliphatic rings. The lowest BCUT2D eigenvalue weighted by Gasteiger charge is -2.20. The second-order valence-electron chi connectivity index (χ2n) is 6.49.